The number of cyclic esters (lactones) is 2. The lowest BCUT2D eigenvalue weighted by Gasteiger charge is -2.16. The highest BCUT2D eigenvalue weighted by Gasteiger charge is 2.32. The fraction of sp³-hybridized carbons (Fsp3) is 0.300. The molecule has 2 aromatic rings. The van der Waals surface area contributed by atoms with E-state index in [1.807, 2.05) is 18.2 Å². The largest absolute Gasteiger partial charge is 0.447 e. The molecular weight excluding hydrogens is 406 g/mol. The monoisotopic (exact) mass is 427 g/mol. The number of nitrogens with zero attached hydrogens (tertiary/aromatic N) is 3. The van der Waals surface area contributed by atoms with E-state index in [-0.39, 0.29) is 12.2 Å². The van der Waals surface area contributed by atoms with E-state index >= 15 is 0 Å². The second-order valence-corrected chi connectivity index (χ2v) is 7.19. The van der Waals surface area contributed by atoms with Gasteiger partial charge in [0.1, 0.15) is 12.7 Å². The van der Waals surface area contributed by atoms with Gasteiger partial charge in [0.15, 0.2) is 5.11 Å². The second-order valence-electron chi connectivity index (χ2n) is 6.78. The molecule has 0 saturated carbocycles. The highest BCUT2D eigenvalue weighted by Crippen LogP contribution is 2.26. The van der Waals surface area contributed by atoms with Crippen LogP contribution >= 0.6 is 12.2 Å². The number of nitrogens with one attached hydrogen (secondary N) is 2. The van der Waals surface area contributed by atoms with Crippen LogP contribution in [-0.4, -0.2) is 54.6 Å². The average molecular weight is 427 g/mol. The van der Waals surface area contributed by atoms with E-state index in [2.05, 4.69) is 15.6 Å². The summed E-state index contributed by atoms with van der Waals surface area (Å²) in [5.74, 6) is 0. The van der Waals surface area contributed by atoms with Gasteiger partial charge in [-0.2, -0.15) is 0 Å². The van der Waals surface area contributed by atoms with Crippen molar-refractivity contribution in [1.29, 1.82) is 0 Å². The van der Waals surface area contributed by atoms with Crippen LogP contribution < -0.4 is 20.4 Å². The lowest BCUT2D eigenvalue weighted by Crippen LogP contribution is -2.40. The quantitative estimate of drug-likeness (QED) is 0.676. The van der Waals surface area contributed by atoms with Crippen LogP contribution in [0.5, 0.6) is 0 Å². The number of hydrogen-bond donors (Lipinski definition) is 2. The van der Waals surface area contributed by atoms with Crippen molar-refractivity contribution >= 4 is 40.9 Å². The molecule has 1 aromatic heterocycles. The number of rotatable bonds is 6. The van der Waals surface area contributed by atoms with E-state index < -0.39 is 6.09 Å². The zero-order valence-electron chi connectivity index (χ0n) is 16.1. The predicted molar refractivity (Wildman–Crippen MR) is 114 cm³/mol. The van der Waals surface area contributed by atoms with Gasteiger partial charge in [-0.3, -0.25) is 14.8 Å². The molecule has 9 nitrogen and oxygen atoms in total. The fourth-order valence-corrected chi connectivity index (χ4v) is 3.38. The minimum atomic E-state index is -0.414. The number of hydrogen-bond acceptors (Lipinski definition) is 6. The smallest absolute Gasteiger partial charge is 0.414 e. The molecule has 2 aliphatic heterocycles. The Morgan fingerprint density at radius 3 is 2.50 bits per heavy atom. The van der Waals surface area contributed by atoms with Gasteiger partial charge in [-0.15, -0.1) is 0 Å². The number of amides is 2. The van der Waals surface area contributed by atoms with E-state index in [1.165, 1.54) is 0 Å². The maximum absolute atomic E-state index is 12.3. The van der Waals surface area contributed by atoms with Gasteiger partial charge in [-0.25, -0.2) is 9.59 Å². The number of benzene rings is 1. The third-order valence-corrected chi connectivity index (χ3v) is 5.04. The molecule has 156 valence electrons. The number of aromatic nitrogens is 1. The van der Waals surface area contributed by atoms with Crippen molar-refractivity contribution in [2.24, 2.45) is 0 Å². The van der Waals surface area contributed by atoms with Crippen LogP contribution in [0.4, 0.5) is 21.0 Å². The Bertz CT molecular complexity index is 925. The first-order valence-electron chi connectivity index (χ1n) is 9.54. The van der Waals surface area contributed by atoms with E-state index in [1.54, 1.807) is 40.3 Å². The fourth-order valence-electron chi connectivity index (χ4n) is 3.22. The molecule has 2 N–H and O–H groups in total. The van der Waals surface area contributed by atoms with E-state index in [0.717, 1.165) is 11.4 Å². The average Bonchev–Trinajstić information content (AvgIpc) is 3.37. The van der Waals surface area contributed by atoms with Crippen LogP contribution in [0.25, 0.3) is 0 Å². The van der Waals surface area contributed by atoms with Gasteiger partial charge in [0.25, 0.3) is 0 Å². The molecule has 0 bridgehead atoms. The summed E-state index contributed by atoms with van der Waals surface area (Å²) in [7, 11) is 0. The lowest BCUT2D eigenvalue weighted by molar-refractivity contribution is 0.142. The molecular formula is C20H21N5O4S. The lowest BCUT2D eigenvalue weighted by atomic mass is 10.2. The van der Waals surface area contributed by atoms with Gasteiger partial charge in [0.2, 0.25) is 0 Å². The number of pyridine rings is 1. The topological polar surface area (TPSA) is 96.0 Å². The van der Waals surface area contributed by atoms with Crippen LogP contribution in [0.1, 0.15) is 5.69 Å². The van der Waals surface area contributed by atoms with E-state index in [0.29, 0.717) is 43.6 Å². The van der Waals surface area contributed by atoms with Gasteiger partial charge in [-0.1, -0.05) is 6.07 Å². The predicted octanol–water partition coefficient (Wildman–Crippen LogP) is 2.03. The first kappa shape index (κ1) is 19.9. The summed E-state index contributed by atoms with van der Waals surface area (Å²) in [5.41, 5.74) is 2.32. The number of ether oxygens (including phenoxy) is 2. The molecule has 2 aliphatic rings. The Hall–Kier alpha value is -3.40. The van der Waals surface area contributed by atoms with Crippen LogP contribution in [0.3, 0.4) is 0 Å². The van der Waals surface area contributed by atoms with Crippen LogP contribution in [0.15, 0.2) is 48.7 Å². The van der Waals surface area contributed by atoms with Crippen molar-refractivity contribution in [3.63, 3.8) is 0 Å². The molecule has 1 aromatic carbocycles. The summed E-state index contributed by atoms with van der Waals surface area (Å²) in [6.07, 6.45) is 0.619. The molecule has 2 amide bonds. The summed E-state index contributed by atoms with van der Waals surface area (Å²) in [6, 6.07) is 12.8. The number of anilines is 2. The van der Waals surface area contributed by atoms with Crippen LogP contribution in [-0.2, 0) is 16.0 Å². The zero-order valence-corrected chi connectivity index (χ0v) is 16.9. The van der Waals surface area contributed by atoms with Gasteiger partial charge in [0.05, 0.1) is 31.9 Å². The van der Waals surface area contributed by atoms with Gasteiger partial charge >= 0.3 is 12.2 Å². The molecule has 0 radical (unpaired) electrons. The Labute approximate surface area is 179 Å². The molecule has 0 spiro atoms. The molecule has 4 rings (SSSR count). The normalized spacial score (nSPS) is 18.2. The summed E-state index contributed by atoms with van der Waals surface area (Å²) in [4.78, 5) is 31.3. The number of carbonyl (C=O) groups is 2. The van der Waals surface area contributed by atoms with Crippen LogP contribution in [0.2, 0.25) is 0 Å². The SMILES string of the molecule is O=C1OCCN1c1ccc(N2C[C@H](CNC(=S)NCc3ccccn3)OC2=O)cc1. The third kappa shape index (κ3) is 4.60. The van der Waals surface area contributed by atoms with E-state index in [9.17, 15) is 9.59 Å². The Kier molecular flexibility index (Phi) is 5.94. The zero-order chi connectivity index (χ0) is 20.9. The molecule has 0 unspecified atom stereocenters. The van der Waals surface area contributed by atoms with Gasteiger partial charge in [0, 0.05) is 17.6 Å². The van der Waals surface area contributed by atoms with Gasteiger partial charge in [-0.05, 0) is 48.6 Å². The molecule has 0 aliphatic carbocycles. The highest BCUT2D eigenvalue weighted by molar-refractivity contribution is 7.80. The van der Waals surface area contributed by atoms with E-state index in [4.69, 9.17) is 21.7 Å². The summed E-state index contributed by atoms with van der Waals surface area (Å²) in [6.45, 7) is 2.21. The second kappa shape index (κ2) is 8.95. The first-order chi connectivity index (χ1) is 14.6. The van der Waals surface area contributed by atoms with Crippen molar-refractivity contribution in [1.82, 2.24) is 15.6 Å². The minimum absolute atomic E-state index is 0.333. The summed E-state index contributed by atoms with van der Waals surface area (Å²) < 4.78 is 10.4. The van der Waals surface area contributed by atoms with Crippen molar-refractivity contribution in [2.45, 2.75) is 12.6 Å². The molecule has 2 fully saturated rings. The summed E-state index contributed by atoms with van der Waals surface area (Å²) in [5, 5.41) is 6.61. The standard InChI is InChI=1S/C20H21N5O4S/c26-19-24(9-10-28-19)15-4-6-16(7-5-15)25-13-17(29-20(25)27)12-23-18(30)22-11-14-3-1-2-8-21-14/h1-8,17H,9-13H2,(H2,22,23,30)/t17-/m0/s1. The molecule has 10 heteroatoms. The minimum Gasteiger partial charge on any atom is -0.447 e. The van der Waals surface area contributed by atoms with Crippen molar-refractivity contribution in [3.8, 4) is 0 Å². The first-order valence-corrected chi connectivity index (χ1v) is 9.95. The van der Waals surface area contributed by atoms with Crippen LogP contribution in [0, 0.1) is 0 Å². The maximum Gasteiger partial charge on any atom is 0.414 e. The molecule has 30 heavy (non-hydrogen) atoms. The van der Waals surface area contributed by atoms with Crippen molar-refractivity contribution in [3.05, 3.63) is 54.4 Å². The van der Waals surface area contributed by atoms with Crippen molar-refractivity contribution in [2.75, 3.05) is 36.0 Å². The number of carbonyl (C=O) groups excluding carboxylic acids is 2. The van der Waals surface area contributed by atoms with Gasteiger partial charge < -0.3 is 20.1 Å². The third-order valence-electron chi connectivity index (χ3n) is 4.75. The Morgan fingerprint density at radius 2 is 1.83 bits per heavy atom. The van der Waals surface area contributed by atoms with Crippen molar-refractivity contribution < 1.29 is 19.1 Å². The summed E-state index contributed by atoms with van der Waals surface area (Å²) >= 11 is 5.27. The highest BCUT2D eigenvalue weighted by atomic mass is 32.1. The molecule has 2 saturated heterocycles. The Morgan fingerprint density at radius 1 is 1.07 bits per heavy atom. The molecule has 3 heterocycles. The number of thiocarbonyl (C=S) groups is 1. The maximum atomic E-state index is 12.3. The molecule has 1 atom stereocenters. The Balaban J connectivity index is 1.26.